The van der Waals surface area contributed by atoms with Crippen molar-refractivity contribution in [2.24, 2.45) is 11.6 Å². The number of H-pyrrole nitrogens is 1. The summed E-state index contributed by atoms with van der Waals surface area (Å²) < 4.78 is 40.4. The minimum absolute atomic E-state index is 0.0472. The van der Waals surface area contributed by atoms with Gasteiger partial charge >= 0.3 is 6.18 Å². The number of anilines is 2. The molecule has 0 unspecified atom stereocenters. The van der Waals surface area contributed by atoms with Gasteiger partial charge in [-0.1, -0.05) is 11.6 Å². The number of alkyl halides is 3. The van der Waals surface area contributed by atoms with Crippen LogP contribution in [0.4, 0.5) is 24.5 Å². The maximum Gasteiger partial charge on any atom is 0.416 e. The lowest BCUT2D eigenvalue weighted by Crippen LogP contribution is -2.36. The van der Waals surface area contributed by atoms with Crippen LogP contribution in [0.15, 0.2) is 48.8 Å². The Kier molecular flexibility index (Phi) is 7.25. The molecule has 2 aromatic carbocycles. The standard InChI is InChI=1S/C24H25ClF3N7O/c1-14-19(11-31-33-14)21(29)13-35(30)22-9-16(3-4-20(22)25)23(36)32-18-8-15(12-34-5-2-6-34)7-17(10-18)24(26,27)28/h3-4,7-11,13H,2,5-6,12,29-30H2,1H3,(H,31,33)(H,32,36)/b21-13-. The molecule has 2 heterocycles. The van der Waals surface area contributed by atoms with Gasteiger partial charge in [-0.15, -0.1) is 0 Å². The molecule has 0 spiro atoms. The molecule has 12 heteroatoms. The molecule has 0 bridgehead atoms. The van der Waals surface area contributed by atoms with Gasteiger partial charge in [0.05, 0.1) is 28.2 Å². The van der Waals surface area contributed by atoms with E-state index in [-0.39, 0.29) is 22.0 Å². The maximum absolute atomic E-state index is 13.5. The summed E-state index contributed by atoms with van der Waals surface area (Å²) in [6.45, 7) is 3.84. The van der Waals surface area contributed by atoms with Crippen LogP contribution < -0.4 is 21.9 Å². The Morgan fingerprint density at radius 3 is 2.64 bits per heavy atom. The summed E-state index contributed by atoms with van der Waals surface area (Å²) in [5.41, 5.74) is 7.93. The molecule has 0 atom stereocenters. The topological polar surface area (TPSA) is 116 Å². The number of nitrogens with zero attached hydrogens (tertiary/aromatic N) is 3. The predicted molar refractivity (Wildman–Crippen MR) is 133 cm³/mol. The van der Waals surface area contributed by atoms with Gasteiger partial charge in [0, 0.05) is 35.3 Å². The summed E-state index contributed by atoms with van der Waals surface area (Å²) in [5, 5.41) is 10.7. The molecule has 1 fully saturated rings. The fourth-order valence-corrected chi connectivity index (χ4v) is 4.02. The van der Waals surface area contributed by atoms with Crippen LogP contribution in [-0.2, 0) is 12.7 Å². The molecule has 3 aromatic rings. The molecule has 0 radical (unpaired) electrons. The molecule has 6 N–H and O–H groups in total. The largest absolute Gasteiger partial charge is 0.416 e. The number of amides is 1. The Bertz CT molecular complexity index is 1300. The number of halogens is 4. The number of hydrogen-bond acceptors (Lipinski definition) is 6. The van der Waals surface area contributed by atoms with Crippen LogP contribution in [0, 0.1) is 6.92 Å². The monoisotopic (exact) mass is 519 g/mol. The second kappa shape index (κ2) is 10.2. The Morgan fingerprint density at radius 2 is 2.03 bits per heavy atom. The number of nitrogens with two attached hydrogens (primary N) is 2. The fraction of sp³-hybridized carbons (Fsp3) is 0.250. The summed E-state index contributed by atoms with van der Waals surface area (Å²) in [6.07, 6.45) is -0.554. The van der Waals surface area contributed by atoms with Gasteiger partial charge in [0.2, 0.25) is 0 Å². The normalized spacial score (nSPS) is 14.4. The highest BCUT2D eigenvalue weighted by Gasteiger charge is 2.31. The fourth-order valence-electron chi connectivity index (χ4n) is 3.80. The number of likely N-dealkylation sites (tertiary alicyclic amines) is 1. The van der Waals surface area contributed by atoms with E-state index in [1.165, 1.54) is 24.4 Å². The van der Waals surface area contributed by atoms with Crippen LogP contribution in [0.3, 0.4) is 0 Å². The van der Waals surface area contributed by atoms with Crippen molar-refractivity contribution in [3.8, 4) is 0 Å². The lowest BCUT2D eigenvalue weighted by atomic mass is 10.1. The van der Waals surface area contributed by atoms with Gasteiger partial charge in [0.1, 0.15) is 0 Å². The number of carbonyl (C=O) groups excluding carboxylic acids is 1. The van der Waals surface area contributed by atoms with E-state index < -0.39 is 17.6 Å². The molecule has 190 valence electrons. The molecule has 0 aliphatic carbocycles. The van der Waals surface area contributed by atoms with Gasteiger partial charge in [-0.25, -0.2) is 5.84 Å². The molecule has 4 rings (SSSR count). The van der Waals surface area contributed by atoms with Crippen molar-refractivity contribution in [3.05, 3.63) is 81.8 Å². The molecule has 36 heavy (non-hydrogen) atoms. The third kappa shape index (κ3) is 5.81. The summed E-state index contributed by atoms with van der Waals surface area (Å²) in [7, 11) is 0. The van der Waals surface area contributed by atoms with Gasteiger partial charge < -0.3 is 11.1 Å². The molecule has 1 amide bonds. The van der Waals surface area contributed by atoms with Crippen LogP contribution in [0.2, 0.25) is 5.02 Å². The Hall–Kier alpha value is -3.54. The third-order valence-corrected chi connectivity index (χ3v) is 6.16. The van der Waals surface area contributed by atoms with E-state index in [4.69, 9.17) is 23.2 Å². The lowest BCUT2D eigenvalue weighted by molar-refractivity contribution is -0.137. The Balaban J connectivity index is 1.57. The van der Waals surface area contributed by atoms with E-state index in [0.29, 0.717) is 23.4 Å². The van der Waals surface area contributed by atoms with E-state index >= 15 is 0 Å². The zero-order chi connectivity index (χ0) is 26.0. The third-order valence-electron chi connectivity index (χ3n) is 5.84. The first-order chi connectivity index (χ1) is 17.0. The summed E-state index contributed by atoms with van der Waals surface area (Å²) in [5.74, 6) is 5.51. The number of benzene rings is 2. The second-order valence-corrected chi connectivity index (χ2v) is 8.97. The number of nitrogens with one attached hydrogen (secondary N) is 2. The number of hydrazine groups is 1. The first-order valence-corrected chi connectivity index (χ1v) is 11.4. The van der Waals surface area contributed by atoms with Crippen LogP contribution in [-0.4, -0.2) is 34.1 Å². The van der Waals surface area contributed by atoms with E-state index in [2.05, 4.69) is 15.5 Å². The number of aromatic amines is 1. The van der Waals surface area contributed by atoms with Crippen molar-refractivity contribution >= 4 is 34.6 Å². The summed E-state index contributed by atoms with van der Waals surface area (Å²) >= 11 is 6.28. The van der Waals surface area contributed by atoms with Gasteiger partial charge in [-0.2, -0.15) is 18.3 Å². The molecule has 8 nitrogen and oxygen atoms in total. The Morgan fingerprint density at radius 1 is 1.28 bits per heavy atom. The average molecular weight is 520 g/mol. The number of aryl methyl sites for hydroxylation is 1. The highest BCUT2D eigenvalue weighted by molar-refractivity contribution is 6.33. The molecule has 0 saturated carbocycles. The number of rotatable bonds is 7. The van der Waals surface area contributed by atoms with Gasteiger partial charge in [-0.3, -0.25) is 19.8 Å². The predicted octanol–water partition coefficient (Wildman–Crippen LogP) is 4.49. The summed E-state index contributed by atoms with van der Waals surface area (Å²) in [4.78, 5) is 15.0. The maximum atomic E-state index is 13.5. The van der Waals surface area contributed by atoms with Crippen molar-refractivity contribution in [1.29, 1.82) is 0 Å². The van der Waals surface area contributed by atoms with E-state index in [9.17, 15) is 18.0 Å². The van der Waals surface area contributed by atoms with Gasteiger partial charge in [0.25, 0.3) is 5.91 Å². The average Bonchev–Trinajstić information content (AvgIpc) is 3.21. The van der Waals surface area contributed by atoms with E-state index in [0.717, 1.165) is 42.3 Å². The number of aromatic nitrogens is 2. The van der Waals surface area contributed by atoms with Gasteiger partial charge in [0.15, 0.2) is 0 Å². The minimum Gasteiger partial charge on any atom is -0.397 e. The number of hydrogen-bond donors (Lipinski definition) is 4. The van der Waals surface area contributed by atoms with Crippen molar-refractivity contribution in [1.82, 2.24) is 15.1 Å². The molecule has 1 aliphatic heterocycles. The van der Waals surface area contributed by atoms with Crippen molar-refractivity contribution < 1.29 is 18.0 Å². The second-order valence-electron chi connectivity index (χ2n) is 8.57. The number of carbonyl (C=O) groups is 1. The zero-order valence-corrected chi connectivity index (χ0v) is 20.1. The molecular weight excluding hydrogens is 495 g/mol. The highest BCUT2D eigenvalue weighted by atomic mass is 35.5. The van der Waals surface area contributed by atoms with E-state index in [1.54, 1.807) is 19.2 Å². The molecule has 1 aromatic heterocycles. The smallest absolute Gasteiger partial charge is 0.397 e. The van der Waals surface area contributed by atoms with Crippen molar-refractivity contribution in [2.45, 2.75) is 26.1 Å². The van der Waals surface area contributed by atoms with E-state index in [1.807, 2.05) is 4.90 Å². The van der Waals surface area contributed by atoms with Crippen molar-refractivity contribution in [2.75, 3.05) is 23.4 Å². The van der Waals surface area contributed by atoms with Crippen LogP contribution >= 0.6 is 11.6 Å². The van der Waals surface area contributed by atoms with Crippen molar-refractivity contribution in [3.63, 3.8) is 0 Å². The first kappa shape index (κ1) is 25.5. The van der Waals surface area contributed by atoms with Crippen LogP contribution in [0.5, 0.6) is 0 Å². The zero-order valence-electron chi connectivity index (χ0n) is 19.4. The quantitative estimate of drug-likeness (QED) is 0.270. The Labute approximate surface area is 210 Å². The van der Waals surface area contributed by atoms with Crippen LogP contribution in [0.1, 0.15) is 39.2 Å². The lowest BCUT2D eigenvalue weighted by Gasteiger charge is -2.31. The minimum atomic E-state index is -4.54. The van der Waals surface area contributed by atoms with Crippen LogP contribution in [0.25, 0.3) is 5.70 Å². The van der Waals surface area contributed by atoms with Gasteiger partial charge in [-0.05, 0) is 68.4 Å². The first-order valence-electron chi connectivity index (χ1n) is 11.1. The molecular formula is C24H25ClF3N7O. The summed E-state index contributed by atoms with van der Waals surface area (Å²) in [6, 6.07) is 7.93. The SMILES string of the molecule is Cc1[nH]ncc1/C(N)=C/N(N)c1cc(C(=O)Nc2cc(CN3CCC3)cc(C(F)(F)F)c2)ccc1Cl. The highest BCUT2D eigenvalue weighted by Crippen LogP contribution is 2.33. The molecule has 1 aliphatic rings. The molecule has 1 saturated heterocycles.